The van der Waals surface area contributed by atoms with Gasteiger partial charge in [-0.3, -0.25) is 19.2 Å². The smallest absolute Gasteiger partial charge is 0.270 e. The van der Waals surface area contributed by atoms with Gasteiger partial charge in [-0.2, -0.15) is 0 Å². The normalized spacial score (nSPS) is 16.4. The molecule has 3 amide bonds. The average molecular weight is 614 g/mol. The van der Waals surface area contributed by atoms with Gasteiger partial charge in [-0.15, -0.1) is 11.3 Å². The molecule has 1 fully saturated rings. The molecule has 9 nitrogen and oxygen atoms in total. The molecule has 0 saturated carbocycles. The van der Waals surface area contributed by atoms with Gasteiger partial charge in [0.1, 0.15) is 29.2 Å². The van der Waals surface area contributed by atoms with Gasteiger partial charge in [0.15, 0.2) is 5.01 Å². The number of nitrogens with one attached hydrogen (secondary N) is 3. The third-order valence-electron chi connectivity index (χ3n) is 7.58. The van der Waals surface area contributed by atoms with Gasteiger partial charge in [-0.25, -0.2) is 18.2 Å². The first-order chi connectivity index (χ1) is 20.4. The molecule has 2 aromatic carbocycles. The number of hydrogen-bond donors (Lipinski definition) is 3. The zero-order valence-corrected chi connectivity index (χ0v) is 24.5. The number of likely N-dealkylation sites (N-methyl/N-ethyl adjacent to an activating group) is 1. The second-order valence-electron chi connectivity index (χ2n) is 11.1. The SMILES string of the molecule is CC(C)C[C@@H](C(=O)N[C@@H](C[C@@H]1CCNC1=O)C(=O)c1nc2cc(F)ccc2s1)N(C)C(=O)c1cc2c(F)ccc(F)c2[nH]1. The summed E-state index contributed by atoms with van der Waals surface area (Å²) in [7, 11) is 1.40. The van der Waals surface area contributed by atoms with Crippen molar-refractivity contribution in [1.82, 2.24) is 25.5 Å². The highest BCUT2D eigenvalue weighted by atomic mass is 32.1. The van der Waals surface area contributed by atoms with Crippen molar-refractivity contribution >= 4 is 56.0 Å². The maximum atomic E-state index is 14.3. The fourth-order valence-corrected chi connectivity index (χ4v) is 6.23. The van der Waals surface area contributed by atoms with Crippen LogP contribution in [0.2, 0.25) is 0 Å². The van der Waals surface area contributed by atoms with Gasteiger partial charge in [0.05, 0.1) is 21.8 Å². The van der Waals surface area contributed by atoms with Crippen LogP contribution in [-0.4, -0.2) is 64.0 Å². The van der Waals surface area contributed by atoms with Crippen LogP contribution < -0.4 is 10.6 Å². The summed E-state index contributed by atoms with van der Waals surface area (Å²) in [6, 6.07) is 4.87. The van der Waals surface area contributed by atoms with Gasteiger partial charge in [0.25, 0.3) is 5.91 Å². The number of halogens is 3. The quantitative estimate of drug-likeness (QED) is 0.226. The maximum absolute atomic E-state index is 14.3. The minimum absolute atomic E-state index is 0.00727. The molecule has 226 valence electrons. The molecule has 0 bridgehead atoms. The molecule has 3 heterocycles. The molecule has 1 aliphatic rings. The number of carbonyl (C=O) groups is 4. The Hall–Kier alpha value is -4.26. The highest BCUT2D eigenvalue weighted by molar-refractivity contribution is 7.20. The predicted octanol–water partition coefficient (Wildman–Crippen LogP) is 4.58. The summed E-state index contributed by atoms with van der Waals surface area (Å²) >= 11 is 1.05. The molecule has 1 aliphatic heterocycles. The number of thiazole rings is 1. The number of benzene rings is 2. The number of Topliss-reactive ketones (excluding diaryl/α,β-unsaturated/α-hetero) is 1. The molecule has 1 saturated heterocycles. The molecule has 4 aromatic rings. The van der Waals surface area contributed by atoms with Crippen LogP contribution in [0.5, 0.6) is 0 Å². The Morgan fingerprint density at radius 1 is 1.12 bits per heavy atom. The Morgan fingerprint density at radius 3 is 2.53 bits per heavy atom. The second kappa shape index (κ2) is 12.2. The molecule has 43 heavy (non-hydrogen) atoms. The summed E-state index contributed by atoms with van der Waals surface area (Å²) in [6.45, 7) is 4.16. The molecule has 0 unspecified atom stereocenters. The van der Waals surface area contributed by atoms with Crippen molar-refractivity contribution in [2.75, 3.05) is 13.6 Å². The number of aromatic amines is 1. The van der Waals surface area contributed by atoms with Crippen LogP contribution in [0.15, 0.2) is 36.4 Å². The first-order valence-corrected chi connectivity index (χ1v) is 14.7. The van der Waals surface area contributed by atoms with E-state index in [0.29, 0.717) is 23.2 Å². The number of H-pyrrole nitrogens is 1. The number of nitrogens with zero attached hydrogens (tertiary/aromatic N) is 2. The Labute approximate surface area is 248 Å². The predicted molar refractivity (Wildman–Crippen MR) is 155 cm³/mol. The number of ketones is 1. The van der Waals surface area contributed by atoms with Gasteiger partial charge >= 0.3 is 0 Å². The van der Waals surface area contributed by atoms with E-state index in [9.17, 15) is 32.3 Å². The summed E-state index contributed by atoms with van der Waals surface area (Å²) in [4.78, 5) is 61.4. The van der Waals surface area contributed by atoms with Gasteiger partial charge < -0.3 is 20.5 Å². The molecule has 3 atom stereocenters. The summed E-state index contributed by atoms with van der Waals surface area (Å²) in [6.07, 6.45) is 0.695. The third kappa shape index (κ3) is 6.26. The van der Waals surface area contributed by atoms with Gasteiger partial charge in [0, 0.05) is 31.0 Å². The molecule has 2 aromatic heterocycles. The van der Waals surface area contributed by atoms with Crippen LogP contribution in [0.25, 0.3) is 21.1 Å². The third-order valence-corrected chi connectivity index (χ3v) is 8.63. The lowest BCUT2D eigenvalue weighted by molar-refractivity contribution is -0.127. The van der Waals surface area contributed by atoms with E-state index in [1.807, 2.05) is 13.8 Å². The van der Waals surface area contributed by atoms with Crippen LogP contribution in [0.1, 0.15) is 53.4 Å². The Balaban J connectivity index is 1.43. The molecular formula is C30H30F3N5O4S. The van der Waals surface area contributed by atoms with Crippen LogP contribution in [-0.2, 0) is 9.59 Å². The molecule has 13 heteroatoms. The fourth-order valence-electron chi connectivity index (χ4n) is 5.29. The van der Waals surface area contributed by atoms with Crippen molar-refractivity contribution < 1.29 is 32.3 Å². The molecule has 0 spiro atoms. The Morgan fingerprint density at radius 2 is 1.86 bits per heavy atom. The van der Waals surface area contributed by atoms with Crippen LogP contribution in [0.4, 0.5) is 13.2 Å². The molecule has 0 radical (unpaired) electrons. The zero-order valence-electron chi connectivity index (χ0n) is 23.7. The standard InChI is InChI=1S/C30H30F3N5O4S/c1-14(2)10-23(38(3)30(42)22-13-17-18(32)5-6-19(33)25(17)35-22)28(41)36-21(11-15-8-9-34-27(15)40)26(39)29-37-20-12-16(31)4-7-24(20)43-29/h4-7,12-15,21,23,35H,8-11H2,1-3H3,(H,34,40)(H,36,41)/t15-,21-,23-/m0/s1. The van der Waals surface area contributed by atoms with Crippen LogP contribution >= 0.6 is 11.3 Å². The average Bonchev–Trinajstić information content (AvgIpc) is 3.71. The number of aromatic nitrogens is 2. The lowest BCUT2D eigenvalue weighted by Crippen LogP contribution is -2.53. The van der Waals surface area contributed by atoms with Crippen molar-refractivity contribution in [2.45, 2.75) is 45.2 Å². The maximum Gasteiger partial charge on any atom is 0.270 e. The van der Waals surface area contributed by atoms with E-state index in [-0.39, 0.29) is 46.3 Å². The zero-order chi connectivity index (χ0) is 31.0. The highest BCUT2D eigenvalue weighted by Gasteiger charge is 2.36. The van der Waals surface area contributed by atoms with Gasteiger partial charge in [-0.1, -0.05) is 13.8 Å². The van der Waals surface area contributed by atoms with E-state index in [4.69, 9.17) is 0 Å². The van der Waals surface area contributed by atoms with Crippen molar-refractivity contribution in [3.63, 3.8) is 0 Å². The molecule has 0 aliphatic carbocycles. The van der Waals surface area contributed by atoms with Crippen LogP contribution in [0.3, 0.4) is 0 Å². The number of carbonyl (C=O) groups excluding carboxylic acids is 4. The van der Waals surface area contributed by atoms with Crippen molar-refractivity contribution in [2.24, 2.45) is 11.8 Å². The van der Waals surface area contributed by atoms with E-state index in [2.05, 4.69) is 20.6 Å². The first kappa shape index (κ1) is 30.2. The van der Waals surface area contributed by atoms with E-state index in [1.54, 1.807) is 0 Å². The Bertz CT molecular complexity index is 1700. The van der Waals surface area contributed by atoms with Gasteiger partial charge in [-0.05, 0) is 55.5 Å². The molecule has 3 N–H and O–H groups in total. The number of fused-ring (bicyclic) bond motifs is 2. The molecular weight excluding hydrogens is 583 g/mol. The van der Waals surface area contributed by atoms with Crippen molar-refractivity contribution in [3.8, 4) is 0 Å². The van der Waals surface area contributed by atoms with Crippen LogP contribution in [0, 0.1) is 29.3 Å². The van der Waals surface area contributed by atoms with E-state index >= 15 is 0 Å². The monoisotopic (exact) mass is 613 g/mol. The Kier molecular flexibility index (Phi) is 8.54. The van der Waals surface area contributed by atoms with E-state index in [0.717, 1.165) is 23.5 Å². The summed E-state index contributed by atoms with van der Waals surface area (Å²) < 4.78 is 42.9. The van der Waals surface area contributed by atoms with E-state index in [1.165, 1.54) is 36.2 Å². The number of rotatable bonds is 10. The largest absolute Gasteiger partial charge is 0.356 e. The van der Waals surface area contributed by atoms with Gasteiger partial charge in [0.2, 0.25) is 17.6 Å². The second-order valence-corrected chi connectivity index (χ2v) is 12.2. The summed E-state index contributed by atoms with van der Waals surface area (Å²) in [5.41, 5.74) is 0.0177. The number of hydrogen-bond acceptors (Lipinski definition) is 6. The lowest BCUT2D eigenvalue weighted by Gasteiger charge is -2.30. The first-order valence-electron chi connectivity index (χ1n) is 13.8. The van der Waals surface area contributed by atoms with Crippen molar-refractivity contribution in [1.29, 1.82) is 0 Å². The van der Waals surface area contributed by atoms with Crippen molar-refractivity contribution in [3.05, 3.63) is 64.6 Å². The topological polar surface area (TPSA) is 124 Å². The minimum atomic E-state index is -1.15. The summed E-state index contributed by atoms with van der Waals surface area (Å²) in [5.74, 6) is -4.61. The highest BCUT2D eigenvalue weighted by Crippen LogP contribution is 2.27. The minimum Gasteiger partial charge on any atom is -0.356 e. The number of amides is 3. The summed E-state index contributed by atoms with van der Waals surface area (Å²) in [5, 5.41) is 5.44. The fraction of sp³-hybridized carbons (Fsp3) is 0.367. The van der Waals surface area contributed by atoms with E-state index < -0.39 is 53.1 Å². The lowest BCUT2D eigenvalue weighted by atomic mass is 9.94. The molecule has 5 rings (SSSR count).